The van der Waals surface area contributed by atoms with Crippen molar-refractivity contribution in [3.8, 4) is 0 Å². The largest absolute Gasteiger partial charge is 0.294 e. The van der Waals surface area contributed by atoms with Crippen molar-refractivity contribution in [3.05, 3.63) is 29.6 Å². The van der Waals surface area contributed by atoms with Gasteiger partial charge in [-0.15, -0.1) is 0 Å². The molecule has 0 amide bonds. The number of aromatic nitrogens is 2. The maximum Gasteiger partial charge on any atom is 0.164 e. The molecule has 3 nitrogen and oxygen atoms in total. The summed E-state index contributed by atoms with van der Waals surface area (Å²) >= 11 is 0. The van der Waals surface area contributed by atoms with Gasteiger partial charge in [0.1, 0.15) is 0 Å². The first kappa shape index (κ1) is 10.7. The number of aryl methyl sites for hydroxylation is 1. The third-order valence-corrected chi connectivity index (χ3v) is 2.20. The molecule has 76 valence electrons. The standard InChI is InChI=1S/C11H16N2O/c1-4-9(5-2)11(14)8-10-6-7-13(3)12-10/h4,6-7H,5,8H2,1-3H3/b9-4-. The summed E-state index contributed by atoms with van der Waals surface area (Å²) in [7, 11) is 1.85. The van der Waals surface area contributed by atoms with Gasteiger partial charge in [-0.3, -0.25) is 9.48 Å². The summed E-state index contributed by atoms with van der Waals surface area (Å²) < 4.78 is 1.71. The van der Waals surface area contributed by atoms with Crippen LogP contribution < -0.4 is 0 Å². The highest BCUT2D eigenvalue weighted by molar-refractivity contribution is 5.96. The summed E-state index contributed by atoms with van der Waals surface area (Å²) in [4.78, 5) is 11.7. The first-order valence-electron chi connectivity index (χ1n) is 4.84. The van der Waals surface area contributed by atoms with Crippen molar-refractivity contribution in [3.63, 3.8) is 0 Å². The molecular formula is C11H16N2O. The molecule has 0 saturated heterocycles. The Bertz CT molecular complexity index is 350. The molecule has 1 rings (SSSR count). The van der Waals surface area contributed by atoms with Crippen molar-refractivity contribution in [2.24, 2.45) is 7.05 Å². The molecule has 0 aliphatic carbocycles. The molecule has 14 heavy (non-hydrogen) atoms. The van der Waals surface area contributed by atoms with Crippen LogP contribution in [0, 0.1) is 0 Å². The number of hydrogen-bond donors (Lipinski definition) is 0. The quantitative estimate of drug-likeness (QED) is 0.683. The Kier molecular flexibility index (Phi) is 3.63. The predicted octanol–water partition coefficient (Wildman–Crippen LogP) is 1.89. The molecule has 3 heteroatoms. The van der Waals surface area contributed by atoms with Crippen molar-refractivity contribution < 1.29 is 4.79 Å². The Morgan fingerprint density at radius 1 is 1.64 bits per heavy atom. The molecule has 0 bridgehead atoms. The highest BCUT2D eigenvalue weighted by Gasteiger charge is 2.09. The van der Waals surface area contributed by atoms with Crippen LogP contribution >= 0.6 is 0 Å². The average Bonchev–Trinajstić information content (AvgIpc) is 2.53. The topological polar surface area (TPSA) is 34.9 Å². The fraction of sp³-hybridized carbons (Fsp3) is 0.455. The maximum atomic E-state index is 11.7. The molecule has 0 fully saturated rings. The van der Waals surface area contributed by atoms with Gasteiger partial charge in [0.2, 0.25) is 0 Å². The lowest BCUT2D eigenvalue weighted by atomic mass is 10.0. The fourth-order valence-corrected chi connectivity index (χ4v) is 1.40. The van der Waals surface area contributed by atoms with Gasteiger partial charge in [-0.2, -0.15) is 5.10 Å². The second-order valence-corrected chi connectivity index (χ2v) is 3.25. The third kappa shape index (κ3) is 2.55. The lowest BCUT2D eigenvalue weighted by molar-refractivity contribution is -0.115. The van der Waals surface area contributed by atoms with Crippen molar-refractivity contribution in [2.75, 3.05) is 0 Å². The highest BCUT2D eigenvalue weighted by Crippen LogP contribution is 2.06. The molecule has 0 aliphatic rings. The van der Waals surface area contributed by atoms with Crippen molar-refractivity contribution in [2.45, 2.75) is 26.7 Å². The smallest absolute Gasteiger partial charge is 0.164 e. The zero-order valence-corrected chi connectivity index (χ0v) is 8.95. The van der Waals surface area contributed by atoms with E-state index in [-0.39, 0.29) is 5.78 Å². The van der Waals surface area contributed by atoms with Crippen LogP contribution in [-0.2, 0) is 18.3 Å². The van der Waals surface area contributed by atoms with Crippen LogP contribution in [0.15, 0.2) is 23.9 Å². The first-order valence-corrected chi connectivity index (χ1v) is 4.84. The van der Waals surface area contributed by atoms with Crippen LogP contribution in [-0.4, -0.2) is 15.6 Å². The predicted molar refractivity (Wildman–Crippen MR) is 56.0 cm³/mol. The van der Waals surface area contributed by atoms with E-state index in [0.29, 0.717) is 6.42 Å². The number of rotatable bonds is 4. The average molecular weight is 192 g/mol. The Morgan fingerprint density at radius 2 is 2.36 bits per heavy atom. The molecule has 1 aromatic heterocycles. The second kappa shape index (κ2) is 4.74. The minimum Gasteiger partial charge on any atom is -0.294 e. The molecule has 0 aliphatic heterocycles. The minimum absolute atomic E-state index is 0.175. The summed E-state index contributed by atoms with van der Waals surface area (Å²) in [5, 5.41) is 4.17. The molecule has 0 saturated carbocycles. The van der Waals surface area contributed by atoms with Crippen molar-refractivity contribution >= 4 is 5.78 Å². The van der Waals surface area contributed by atoms with Gasteiger partial charge in [-0.25, -0.2) is 0 Å². The van der Waals surface area contributed by atoms with E-state index in [1.165, 1.54) is 0 Å². The monoisotopic (exact) mass is 192 g/mol. The third-order valence-electron chi connectivity index (χ3n) is 2.20. The number of ketones is 1. The summed E-state index contributed by atoms with van der Waals surface area (Å²) in [6.07, 6.45) is 4.94. The van der Waals surface area contributed by atoms with E-state index >= 15 is 0 Å². The molecule has 1 heterocycles. The molecule has 0 aromatic carbocycles. The molecule has 0 spiro atoms. The van der Waals surface area contributed by atoms with Gasteiger partial charge in [0.25, 0.3) is 0 Å². The van der Waals surface area contributed by atoms with Gasteiger partial charge in [0.05, 0.1) is 12.1 Å². The van der Waals surface area contributed by atoms with Crippen molar-refractivity contribution in [1.29, 1.82) is 0 Å². The Balaban J connectivity index is 2.66. The number of carbonyl (C=O) groups excluding carboxylic acids is 1. The number of hydrogen-bond acceptors (Lipinski definition) is 2. The van der Waals surface area contributed by atoms with Crippen LogP contribution in [0.3, 0.4) is 0 Å². The number of Topliss-reactive ketones (excluding diaryl/α,β-unsaturated/α-hetero) is 1. The summed E-state index contributed by atoms with van der Waals surface area (Å²) in [5.41, 5.74) is 1.72. The van der Waals surface area contributed by atoms with Gasteiger partial charge >= 0.3 is 0 Å². The molecule has 0 unspecified atom stereocenters. The van der Waals surface area contributed by atoms with E-state index in [1.807, 2.05) is 39.2 Å². The van der Waals surface area contributed by atoms with Crippen LogP contribution in [0.2, 0.25) is 0 Å². The van der Waals surface area contributed by atoms with E-state index < -0.39 is 0 Å². The van der Waals surface area contributed by atoms with Gasteiger partial charge < -0.3 is 0 Å². The van der Waals surface area contributed by atoms with Crippen LogP contribution in [0.4, 0.5) is 0 Å². The summed E-state index contributed by atoms with van der Waals surface area (Å²) in [6, 6.07) is 1.88. The Hall–Kier alpha value is -1.38. The zero-order valence-electron chi connectivity index (χ0n) is 8.95. The van der Waals surface area contributed by atoms with E-state index in [9.17, 15) is 4.79 Å². The van der Waals surface area contributed by atoms with Gasteiger partial charge in [0, 0.05) is 13.2 Å². The SMILES string of the molecule is C/C=C(/CC)C(=O)Cc1ccn(C)n1. The van der Waals surface area contributed by atoms with Crippen LogP contribution in [0.1, 0.15) is 26.0 Å². The summed E-state index contributed by atoms with van der Waals surface area (Å²) in [6.45, 7) is 3.89. The first-order chi connectivity index (χ1) is 6.67. The lowest BCUT2D eigenvalue weighted by Gasteiger charge is -2.00. The molecule has 0 atom stereocenters. The lowest BCUT2D eigenvalue weighted by Crippen LogP contribution is -2.06. The number of carbonyl (C=O) groups is 1. The maximum absolute atomic E-state index is 11.7. The van der Waals surface area contributed by atoms with E-state index in [4.69, 9.17) is 0 Å². The van der Waals surface area contributed by atoms with E-state index in [0.717, 1.165) is 17.7 Å². The molecule has 1 aromatic rings. The normalized spacial score (nSPS) is 11.8. The zero-order chi connectivity index (χ0) is 10.6. The second-order valence-electron chi connectivity index (χ2n) is 3.25. The van der Waals surface area contributed by atoms with Crippen LogP contribution in [0.5, 0.6) is 0 Å². The van der Waals surface area contributed by atoms with Crippen LogP contribution in [0.25, 0.3) is 0 Å². The minimum atomic E-state index is 0.175. The Morgan fingerprint density at radius 3 is 2.79 bits per heavy atom. The molecule has 0 radical (unpaired) electrons. The Labute approximate surface area is 84.4 Å². The van der Waals surface area contributed by atoms with E-state index in [1.54, 1.807) is 4.68 Å². The summed E-state index contributed by atoms with van der Waals surface area (Å²) in [5.74, 6) is 0.175. The number of allylic oxidation sites excluding steroid dienone is 2. The van der Waals surface area contributed by atoms with Crippen molar-refractivity contribution in [1.82, 2.24) is 9.78 Å². The van der Waals surface area contributed by atoms with Gasteiger partial charge in [-0.05, 0) is 25.0 Å². The fourth-order valence-electron chi connectivity index (χ4n) is 1.40. The van der Waals surface area contributed by atoms with E-state index in [2.05, 4.69) is 5.10 Å². The van der Waals surface area contributed by atoms with Gasteiger partial charge in [-0.1, -0.05) is 13.0 Å². The highest BCUT2D eigenvalue weighted by atomic mass is 16.1. The number of nitrogens with zero attached hydrogens (tertiary/aromatic N) is 2. The molecular weight excluding hydrogens is 176 g/mol. The van der Waals surface area contributed by atoms with Gasteiger partial charge in [0.15, 0.2) is 5.78 Å². The molecule has 0 N–H and O–H groups in total.